The molecule has 0 atom stereocenters. The SMILES string of the molecule is Cc1cc(CO)c2cccc(CC(=O)NCC3CCOCC3)c2n1. The summed E-state index contributed by atoms with van der Waals surface area (Å²) in [6, 6.07) is 7.68. The Kier molecular flexibility index (Phi) is 5.43. The average Bonchev–Trinajstić information content (AvgIpc) is 2.61. The van der Waals surface area contributed by atoms with Crippen molar-refractivity contribution in [3.8, 4) is 0 Å². The molecule has 0 radical (unpaired) electrons. The molecule has 2 aromatic rings. The lowest BCUT2D eigenvalue weighted by atomic mass is 10.00. The molecule has 1 aliphatic rings. The van der Waals surface area contributed by atoms with Crippen LogP contribution in [0.25, 0.3) is 10.9 Å². The molecule has 0 unspecified atom stereocenters. The van der Waals surface area contributed by atoms with E-state index in [0.717, 1.165) is 53.8 Å². The normalized spacial score (nSPS) is 15.6. The van der Waals surface area contributed by atoms with Gasteiger partial charge < -0.3 is 15.2 Å². The van der Waals surface area contributed by atoms with Crippen LogP contribution in [0.5, 0.6) is 0 Å². The molecular weight excluding hydrogens is 304 g/mol. The summed E-state index contributed by atoms with van der Waals surface area (Å²) in [7, 11) is 0. The third-order valence-electron chi connectivity index (χ3n) is 4.59. The molecule has 2 heterocycles. The maximum Gasteiger partial charge on any atom is 0.224 e. The zero-order chi connectivity index (χ0) is 16.9. The molecular formula is C19H24N2O3. The minimum Gasteiger partial charge on any atom is -0.392 e. The molecule has 1 saturated heterocycles. The Morgan fingerprint density at radius 1 is 1.33 bits per heavy atom. The molecule has 0 bridgehead atoms. The number of aliphatic hydroxyl groups excluding tert-OH is 1. The first-order chi connectivity index (χ1) is 11.7. The highest BCUT2D eigenvalue weighted by atomic mass is 16.5. The van der Waals surface area contributed by atoms with Crippen molar-refractivity contribution in [2.24, 2.45) is 5.92 Å². The van der Waals surface area contributed by atoms with Crippen molar-refractivity contribution in [1.29, 1.82) is 0 Å². The number of pyridine rings is 1. The maximum absolute atomic E-state index is 12.3. The molecule has 0 spiro atoms. The fourth-order valence-corrected chi connectivity index (χ4v) is 3.24. The summed E-state index contributed by atoms with van der Waals surface area (Å²) in [5.74, 6) is 0.527. The fourth-order valence-electron chi connectivity index (χ4n) is 3.24. The van der Waals surface area contributed by atoms with Gasteiger partial charge in [-0.05, 0) is 42.9 Å². The van der Waals surface area contributed by atoms with E-state index in [9.17, 15) is 9.90 Å². The van der Waals surface area contributed by atoms with Crippen molar-refractivity contribution >= 4 is 16.8 Å². The van der Waals surface area contributed by atoms with Gasteiger partial charge in [-0.2, -0.15) is 0 Å². The molecule has 0 saturated carbocycles. The number of benzene rings is 1. The number of rotatable bonds is 5. The summed E-state index contributed by atoms with van der Waals surface area (Å²) in [5, 5.41) is 13.5. The molecule has 5 heteroatoms. The number of hydrogen-bond acceptors (Lipinski definition) is 4. The first kappa shape index (κ1) is 16.9. The van der Waals surface area contributed by atoms with Crippen LogP contribution in [-0.4, -0.2) is 35.8 Å². The summed E-state index contributed by atoms with van der Waals surface area (Å²) in [6.07, 6.45) is 2.33. The van der Waals surface area contributed by atoms with Crippen molar-refractivity contribution in [2.75, 3.05) is 19.8 Å². The number of fused-ring (bicyclic) bond motifs is 1. The highest BCUT2D eigenvalue weighted by Gasteiger charge is 2.16. The van der Waals surface area contributed by atoms with Gasteiger partial charge >= 0.3 is 0 Å². The largest absolute Gasteiger partial charge is 0.392 e. The molecule has 2 N–H and O–H groups in total. The predicted molar refractivity (Wildman–Crippen MR) is 92.7 cm³/mol. The summed E-state index contributed by atoms with van der Waals surface area (Å²) in [4.78, 5) is 16.9. The number of carbonyl (C=O) groups is 1. The number of ether oxygens (including phenoxy) is 1. The van der Waals surface area contributed by atoms with E-state index in [1.54, 1.807) is 0 Å². The molecule has 24 heavy (non-hydrogen) atoms. The van der Waals surface area contributed by atoms with Crippen LogP contribution in [0, 0.1) is 12.8 Å². The number of nitrogens with zero attached hydrogens (tertiary/aromatic N) is 1. The minimum absolute atomic E-state index is 0.0165. The molecule has 1 fully saturated rings. The smallest absolute Gasteiger partial charge is 0.224 e. The van der Waals surface area contributed by atoms with Gasteiger partial charge in [0.05, 0.1) is 18.5 Å². The summed E-state index contributed by atoms with van der Waals surface area (Å²) >= 11 is 0. The number of nitrogens with one attached hydrogen (secondary N) is 1. The number of hydrogen-bond donors (Lipinski definition) is 2. The van der Waals surface area contributed by atoms with Gasteiger partial charge in [-0.15, -0.1) is 0 Å². The van der Waals surface area contributed by atoms with Crippen LogP contribution < -0.4 is 5.32 Å². The van der Waals surface area contributed by atoms with E-state index in [0.29, 0.717) is 18.9 Å². The minimum atomic E-state index is -0.0285. The Morgan fingerprint density at radius 2 is 2.12 bits per heavy atom. The number of aromatic nitrogens is 1. The molecule has 5 nitrogen and oxygen atoms in total. The lowest BCUT2D eigenvalue weighted by Gasteiger charge is -2.22. The van der Waals surface area contributed by atoms with Gasteiger partial charge in [0.2, 0.25) is 5.91 Å². The number of para-hydroxylation sites is 1. The Bertz CT molecular complexity index is 724. The topological polar surface area (TPSA) is 71.5 Å². The van der Waals surface area contributed by atoms with Crippen LogP contribution in [0.4, 0.5) is 0 Å². The van der Waals surface area contributed by atoms with Gasteiger partial charge in [0.15, 0.2) is 0 Å². The van der Waals surface area contributed by atoms with Gasteiger partial charge in [0, 0.05) is 30.8 Å². The second-order valence-electron chi connectivity index (χ2n) is 6.43. The predicted octanol–water partition coefficient (Wildman–Crippen LogP) is 2.12. The Hall–Kier alpha value is -1.98. The van der Waals surface area contributed by atoms with E-state index in [1.807, 2.05) is 31.2 Å². The van der Waals surface area contributed by atoms with Gasteiger partial charge in [0.1, 0.15) is 0 Å². The number of aliphatic hydroxyl groups is 1. The van der Waals surface area contributed by atoms with Crippen molar-refractivity contribution < 1.29 is 14.6 Å². The quantitative estimate of drug-likeness (QED) is 0.882. The second kappa shape index (κ2) is 7.73. The van der Waals surface area contributed by atoms with E-state index in [2.05, 4.69) is 10.3 Å². The van der Waals surface area contributed by atoms with E-state index in [1.165, 1.54) is 0 Å². The van der Waals surface area contributed by atoms with Crippen LogP contribution in [0.15, 0.2) is 24.3 Å². The molecule has 1 aromatic carbocycles. The van der Waals surface area contributed by atoms with Crippen LogP contribution in [0.2, 0.25) is 0 Å². The first-order valence-corrected chi connectivity index (χ1v) is 8.51. The molecule has 128 valence electrons. The van der Waals surface area contributed by atoms with Gasteiger partial charge in [-0.25, -0.2) is 0 Å². The van der Waals surface area contributed by atoms with Gasteiger partial charge in [-0.3, -0.25) is 9.78 Å². The van der Waals surface area contributed by atoms with Gasteiger partial charge in [-0.1, -0.05) is 18.2 Å². The highest BCUT2D eigenvalue weighted by molar-refractivity contribution is 5.89. The first-order valence-electron chi connectivity index (χ1n) is 8.51. The Balaban J connectivity index is 1.72. The van der Waals surface area contributed by atoms with Crippen molar-refractivity contribution in [3.05, 3.63) is 41.1 Å². The maximum atomic E-state index is 12.3. The Morgan fingerprint density at radius 3 is 2.88 bits per heavy atom. The van der Waals surface area contributed by atoms with Crippen molar-refractivity contribution in [2.45, 2.75) is 32.8 Å². The third-order valence-corrected chi connectivity index (χ3v) is 4.59. The molecule has 3 rings (SSSR count). The summed E-state index contributed by atoms with van der Waals surface area (Å²) in [5.41, 5.74) is 3.40. The fraction of sp³-hybridized carbons (Fsp3) is 0.474. The monoisotopic (exact) mass is 328 g/mol. The standard InChI is InChI=1S/C19H24N2O3/c1-13-9-16(12-22)17-4-2-3-15(19(17)21-13)10-18(23)20-11-14-5-7-24-8-6-14/h2-4,9,14,22H,5-8,10-12H2,1H3,(H,20,23). The molecule has 1 aliphatic heterocycles. The van der Waals surface area contributed by atoms with Crippen molar-refractivity contribution in [3.63, 3.8) is 0 Å². The highest BCUT2D eigenvalue weighted by Crippen LogP contribution is 2.22. The van der Waals surface area contributed by atoms with E-state index >= 15 is 0 Å². The number of aryl methyl sites for hydroxylation is 1. The lowest BCUT2D eigenvalue weighted by Crippen LogP contribution is -2.33. The van der Waals surface area contributed by atoms with Crippen molar-refractivity contribution in [1.82, 2.24) is 10.3 Å². The summed E-state index contributed by atoms with van der Waals surface area (Å²) < 4.78 is 5.34. The molecule has 1 amide bonds. The van der Waals surface area contributed by atoms with Crippen LogP contribution >= 0.6 is 0 Å². The van der Waals surface area contributed by atoms with E-state index in [4.69, 9.17) is 4.74 Å². The Labute approximate surface area is 142 Å². The second-order valence-corrected chi connectivity index (χ2v) is 6.43. The van der Waals surface area contributed by atoms with Gasteiger partial charge in [0.25, 0.3) is 0 Å². The summed E-state index contributed by atoms with van der Waals surface area (Å²) in [6.45, 7) is 4.16. The van der Waals surface area contributed by atoms with E-state index < -0.39 is 0 Å². The van der Waals surface area contributed by atoms with E-state index in [-0.39, 0.29) is 12.5 Å². The van der Waals surface area contributed by atoms with Crippen LogP contribution in [0.1, 0.15) is 29.7 Å². The number of amides is 1. The third kappa shape index (κ3) is 3.91. The van der Waals surface area contributed by atoms with Crippen LogP contribution in [-0.2, 0) is 22.6 Å². The number of carbonyl (C=O) groups excluding carboxylic acids is 1. The zero-order valence-corrected chi connectivity index (χ0v) is 14.0. The average molecular weight is 328 g/mol. The zero-order valence-electron chi connectivity index (χ0n) is 14.0. The molecule has 1 aromatic heterocycles. The lowest BCUT2D eigenvalue weighted by molar-refractivity contribution is -0.120. The molecule has 0 aliphatic carbocycles. The van der Waals surface area contributed by atoms with Crippen LogP contribution in [0.3, 0.4) is 0 Å².